The molecule has 0 saturated carbocycles. The van der Waals surface area contributed by atoms with Crippen molar-refractivity contribution in [3.63, 3.8) is 0 Å². The molecule has 18 heavy (non-hydrogen) atoms. The highest BCUT2D eigenvalue weighted by atomic mass is 79.9. The third-order valence-electron chi connectivity index (χ3n) is 2.08. The van der Waals surface area contributed by atoms with Gasteiger partial charge < -0.3 is 5.32 Å². The van der Waals surface area contributed by atoms with Gasteiger partial charge in [-0.25, -0.2) is 23.5 Å². The summed E-state index contributed by atoms with van der Waals surface area (Å²) in [6, 6.07) is 0. The Morgan fingerprint density at radius 3 is 2.72 bits per heavy atom. The maximum atomic E-state index is 11.5. The lowest BCUT2D eigenvalue weighted by molar-refractivity contribution is 0.521. The number of anilines is 2. The van der Waals surface area contributed by atoms with Gasteiger partial charge in [-0.15, -0.1) is 0 Å². The molecule has 102 valence electrons. The van der Waals surface area contributed by atoms with Gasteiger partial charge in [0, 0.05) is 26.8 Å². The summed E-state index contributed by atoms with van der Waals surface area (Å²) in [6.45, 7) is 0.236. The Balaban J connectivity index is 2.64. The Morgan fingerprint density at radius 1 is 1.50 bits per heavy atom. The van der Waals surface area contributed by atoms with E-state index >= 15 is 0 Å². The van der Waals surface area contributed by atoms with E-state index < -0.39 is 10.0 Å². The van der Waals surface area contributed by atoms with Gasteiger partial charge in [0.15, 0.2) is 0 Å². The summed E-state index contributed by atoms with van der Waals surface area (Å²) in [7, 11) is -0.240. The monoisotopic (exact) mass is 338 g/mol. The van der Waals surface area contributed by atoms with E-state index in [0.717, 1.165) is 0 Å². The Hall–Kier alpha value is -0.970. The van der Waals surface area contributed by atoms with Crippen LogP contribution in [0.25, 0.3) is 0 Å². The SMILES string of the molecule is CN(C)S(=O)(=O)CCNc1nc(NN)ncc1Br. The molecule has 0 aliphatic rings. The second-order valence-corrected chi connectivity index (χ2v) is 6.72. The first-order chi connectivity index (χ1) is 8.36. The highest BCUT2D eigenvalue weighted by Gasteiger charge is 2.13. The predicted octanol–water partition coefficient (Wildman–Crippen LogP) is -0.172. The van der Waals surface area contributed by atoms with E-state index in [-0.39, 0.29) is 18.2 Å². The molecule has 0 radical (unpaired) electrons. The minimum Gasteiger partial charge on any atom is -0.368 e. The molecule has 0 bridgehead atoms. The summed E-state index contributed by atoms with van der Waals surface area (Å²) in [4.78, 5) is 7.92. The maximum Gasteiger partial charge on any atom is 0.239 e. The van der Waals surface area contributed by atoms with Crippen molar-refractivity contribution in [3.05, 3.63) is 10.7 Å². The molecule has 0 atom stereocenters. The van der Waals surface area contributed by atoms with Crippen molar-refractivity contribution >= 4 is 37.7 Å². The zero-order chi connectivity index (χ0) is 13.8. The minimum absolute atomic E-state index is 0.0260. The van der Waals surface area contributed by atoms with Gasteiger partial charge in [0.05, 0.1) is 10.2 Å². The molecular weight excluding hydrogens is 324 g/mol. The Bertz CT molecular complexity index is 506. The van der Waals surface area contributed by atoms with Crippen LogP contribution in [0.3, 0.4) is 0 Å². The summed E-state index contributed by atoms with van der Waals surface area (Å²) in [5, 5.41) is 2.90. The summed E-state index contributed by atoms with van der Waals surface area (Å²) >= 11 is 3.25. The number of nitrogens with zero attached hydrogens (tertiary/aromatic N) is 3. The van der Waals surface area contributed by atoms with E-state index in [4.69, 9.17) is 5.84 Å². The fourth-order valence-electron chi connectivity index (χ4n) is 1.04. The van der Waals surface area contributed by atoms with Crippen LogP contribution >= 0.6 is 15.9 Å². The van der Waals surface area contributed by atoms with Crippen LogP contribution in [0, 0.1) is 0 Å². The number of hydrogen-bond donors (Lipinski definition) is 3. The molecule has 1 aromatic rings. The Labute approximate surface area is 114 Å². The van der Waals surface area contributed by atoms with Crippen molar-refractivity contribution in [1.82, 2.24) is 14.3 Å². The van der Waals surface area contributed by atoms with E-state index in [9.17, 15) is 8.42 Å². The van der Waals surface area contributed by atoms with Gasteiger partial charge in [0.2, 0.25) is 16.0 Å². The number of nitrogen functional groups attached to an aromatic ring is 1. The zero-order valence-electron chi connectivity index (χ0n) is 10.0. The molecule has 1 aromatic heterocycles. The molecule has 0 amide bonds. The van der Waals surface area contributed by atoms with E-state index in [1.54, 1.807) is 0 Å². The van der Waals surface area contributed by atoms with Gasteiger partial charge in [0.1, 0.15) is 5.82 Å². The second kappa shape index (κ2) is 6.27. The first kappa shape index (κ1) is 15.1. The summed E-state index contributed by atoms with van der Waals surface area (Å²) < 4.78 is 24.9. The maximum absolute atomic E-state index is 11.5. The summed E-state index contributed by atoms with van der Waals surface area (Å²) in [5.41, 5.74) is 2.31. The zero-order valence-corrected chi connectivity index (χ0v) is 12.4. The van der Waals surface area contributed by atoms with Gasteiger partial charge in [-0.05, 0) is 15.9 Å². The topological polar surface area (TPSA) is 113 Å². The van der Waals surface area contributed by atoms with Crippen molar-refractivity contribution < 1.29 is 8.42 Å². The smallest absolute Gasteiger partial charge is 0.239 e. The third-order valence-corrected chi connectivity index (χ3v) is 4.50. The molecule has 0 unspecified atom stereocenters. The van der Waals surface area contributed by atoms with Crippen LogP contribution in [0.5, 0.6) is 0 Å². The number of nitrogens with two attached hydrogens (primary N) is 1. The number of rotatable bonds is 6. The average Bonchev–Trinajstić information content (AvgIpc) is 2.31. The second-order valence-electron chi connectivity index (χ2n) is 3.56. The predicted molar refractivity (Wildman–Crippen MR) is 73.5 cm³/mol. The molecule has 8 nitrogen and oxygen atoms in total. The number of sulfonamides is 1. The Morgan fingerprint density at radius 2 is 2.17 bits per heavy atom. The van der Waals surface area contributed by atoms with Gasteiger partial charge >= 0.3 is 0 Å². The normalized spacial score (nSPS) is 11.6. The number of hydrogen-bond acceptors (Lipinski definition) is 7. The minimum atomic E-state index is -3.23. The largest absolute Gasteiger partial charge is 0.368 e. The van der Waals surface area contributed by atoms with Gasteiger partial charge in [0.25, 0.3) is 0 Å². The van der Waals surface area contributed by atoms with Crippen molar-refractivity contribution in [2.45, 2.75) is 0 Å². The van der Waals surface area contributed by atoms with Crippen LogP contribution < -0.4 is 16.6 Å². The standard InChI is InChI=1S/C8H15BrN6O2S/c1-15(2)18(16,17)4-3-11-7-6(9)5-12-8(13-7)14-10/h5H,3-4,10H2,1-2H3,(H2,11,12,13,14). The summed E-state index contributed by atoms with van der Waals surface area (Å²) in [6.07, 6.45) is 1.52. The first-order valence-corrected chi connectivity index (χ1v) is 7.40. The number of halogens is 1. The van der Waals surface area contributed by atoms with E-state index in [1.165, 1.54) is 24.6 Å². The lowest BCUT2D eigenvalue weighted by Crippen LogP contribution is -2.28. The van der Waals surface area contributed by atoms with E-state index in [0.29, 0.717) is 10.3 Å². The summed E-state index contributed by atoms with van der Waals surface area (Å²) in [5.74, 6) is 5.88. The molecule has 1 rings (SSSR count). The quantitative estimate of drug-likeness (QED) is 0.487. The van der Waals surface area contributed by atoms with Crippen LogP contribution in [0.2, 0.25) is 0 Å². The van der Waals surface area contributed by atoms with Crippen molar-refractivity contribution in [3.8, 4) is 0 Å². The molecule has 0 spiro atoms. The fourth-order valence-corrected chi connectivity index (χ4v) is 2.10. The lowest BCUT2D eigenvalue weighted by atomic mass is 10.5. The molecule has 10 heteroatoms. The van der Waals surface area contributed by atoms with Gasteiger partial charge in [-0.1, -0.05) is 0 Å². The highest BCUT2D eigenvalue weighted by molar-refractivity contribution is 9.10. The molecule has 4 N–H and O–H groups in total. The van der Waals surface area contributed by atoms with Crippen LogP contribution in [0.4, 0.5) is 11.8 Å². The highest BCUT2D eigenvalue weighted by Crippen LogP contribution is 2.19. The molecule has 0 fully saturated rings. The molecular formula is C8H15BrN6O2S. The van der Waals surface area contributed by atoms with Gasteiger partial charge in [-0.2, -0.15) is 4.98 Å². The first-order valence-electron chi connectivity index (χ1n) is 5.00. The van der Waals surface area contributed by atoms with Crippen LogP contribution in [-0.4, -0.2) is 49.1 Å². The lowest BCUT2D eigenvalue weighted by Gasteiger charge is -2.12. The van der Waals surface area contributed by atoms with Crippen LogP contribution in [0.1, 0.15) is 0 Å². The van der Waals surface area contributed by atoms with Crippen LogP contribution in [-0.2, 0) is 10.0 Å². The van der Waals surface area contributed by atoms with Crippen molar-refractivity contribution in [1.29, 1.82) is 0 Å². The number of hydrazine groups is 1. The molecule has 1 heterocycles. The molecule has 0 aromatic carbocycles. The van der Waals surface area contributed by atoms with Gasteiger partial charge in [-0.3, -0.25) is 5.43 Å². The third kappa shape index (κ3) is 4.05. The van der Waals surface area contributed by atoms with Crippen molar-refractivity contribution in [2.75, 3.05) is 37.1 Å². The number of aromatic nitrogens is 2. The molecule has 0 aliphatic carbocycles. The fraction of sp³-hybridized carbons (Fsp3) is 0.500. The molecule has 0 saturated heterocycles. The molecule has 0 aliphatic heterocycles. The number of nitrogens with one attached hydrogen (secondary N) is 2. The van der Waals surface area contributed by atoms with E-state index in [2.05, 4.69) is 36.6 Å². The van der Waals surface area contributed by atoms with Crippen molar-refractivity contribution in [2.24, 2.45) is 5.84 Å². The Kier molecular flexibility index (Phi) is 5.26. The van der Waals surface area contributed by atoms with E-state index in [1.807, 2.05) is 0 Å². The average molecular weight is 339 g/mol. The van der Waals surface area contributed by atoms with Crippen LogP contribution in [0.15, 0.2) is 10.7 Å².